The van der Waals surface area contributed by atoms with Gasteiger partial charge in [0.2, 0.25) is 15.8 Å². The summed E-state index contributed by atoms with van der Waals surface area (Å²) in [6.07, 6.45) is 1.96. The second-order valence-electron chi connectivity index (χ2n) is 7.42. The van der Waals surface area contributed by atoms with E-state index in [-0.39, 0.29) is 29.2 Å². The first kappa shape index (κ1) is 18.5. The maximum Gasteiger partial charge on any atom is 0.374 e. The van der Waals surface area contributed by atoms with E-state index in [2.05, 4.69) is 0 Å². The molecule has 3 atom stereocenters. The number of aryl methyl sites for hydroxylation is 1. The smallest absolute Gasteiger partial charge is 0.374 e. The van der Waals surface area contributed by atoms with Crippen LogP contribution in [0.3, 0.4) is 0 Å². The summed E-state index contributed by atoms with van der Waals surface area (Å²) in [5.41, 5.74) is 7.19. The van der Waals surface area contributed by atoms with Crippen LogP contribution in [0.2, 0.25) is 0 Å². The number of hydrogen-bond acceptors (Lipinski definition) is 6. The highest BCUT2D eigenvalue weighted by atomic mass is 32.2. The Morgan fingerprint density at radius 1 is 1.33 bits per heavy atom. The molecule has 2 N–H and O–H groups in total. The van der Waals surface area contributed by atoms with Crippen LogP contribution in [0, 0.1) is 18.8 Å². The van der Waals surface area contributed by atoms with Gasteiger partial charge in [-0.3, -0.25) is 0 Å². The van der Waals surface area contributed by atoms with Crippen molar-refractivity contribution >= 4 is 27.0 Å². The number of hydrogen-bond donors (Lipinski definition) is 1. The summed E-state index contributed by atoms with van der Waals surface area (Å²) in [6.45, 7) is 4.70. The van der Waals surface area contributed by atoms with E-state index < -0.39 is 16.0 Å². The van der Waals surface area contributed by atoms with Gasteiger partial charge in [-0.25, -0.2) is 13.2 Å². The van der Waals surface area contributed by atoms with Crippen LogP contribution in [-0.4, -0.2) is 44.4 Å². The van der Waals surface area contributed by atoms with Gasteiger partial charge in [0.25, 0.3) is 0 Å². The first-order valence-electron chi connectivity index (χ1n) is 9.29. The van der Waals surface area contributed by atoms with Crippen molar-refractivity contribution in [2.24, 2.45) is 17.6 Å². The summed E-state index contributed by atoms with van der Waals surface area (Å²) < 4.78 is 38.4. The van der Waals surface area contributed by atoms with E-state index in [1.54, 1.807) is 30.3 Å². The second-order valence-corrected chi connectivity index (χ2v) is 9.36. The number of furan rings is 1. The number of ether oxygens (including phenoxy) is 1. The van der Waals surface area contributed by atoms with Gasteiger partial charge in [0, 0.05) is 30.1 Å². The SMILES string of the molecule is CCOC(=O)c1oc2ccc(S(=O)(=O)N3CC4CCC(N)C4C3)cc2c1C. The van der Waals surface area contributed by atoms with Crippen LogP contribution in [0.4, 0.5) is 0 Å². The van der Waals surface area contributed by atoms with Gasteiger partial charge in [0.05, 0.1) is 11.5 Å². The first-order chi connectivity index (χ1) is 12.8. The monoisotopic (exact) mass is 392 g/mol. The van der Waals surface area contributed by atoms with Crippen molar-refractivity contribution in [3.63, 3.8) is 0 Å². The van der Waals surface area contributed by atoms with Crippen molar-refractivity contribution in [3.8, 4) is 0 Å². The molecule has 2 aromatic rings. The van der Waals surface area contributed by atoms with Gasteiger partial charge < -0.3 is 14.9 Å². The quantitative estimate of drug-likeness (QED) is 0.801. The highest BCUT2D eigenvalue weighted by Gasteiger charge is 2.45. The molecule has 3 unspecified atom stereocenters. The van der Waals surface area contributed by atoms with Crippen LogP contribution in [-0.2, 0) is 14.8 Å². The highest BCUT2D eigenvalue weighted by Crippen LogP contribution is 2.39. The van der Waals surface area contributed by atoms with Crippen LogP contribution in [0.1, 0.15) is 35.9 Å². The van der Waals surface area contributed by atoms with Gasteiger partial charge in [-0.2, -0.15) is 4.31 Å². The summed E-state index contributed by atoms with van der Waals surface area (Å²) in [6, 6.07) is 4.80. The summed E-state index contributed by atoms with van der Waals surface area (Å²) in [5.74, 6) is 0.166. The maximum atomic E-state index is 13.1. The third-order valence-electron chi connectivity index (χ3n) is 5.89. The Morgan fingerprint density at radius 3 is 2.81 bits per heavy atom. The number of carbonyl (C=O) groups is 1. The molecule has 2 aliphatic rings. The van der Waals surface area contributed by atoms with E-state index in [4.69, 9.17) is 14.9 Å². The van der Waals surface area contributed by atoms with Gasteiger partial charge in [-0.05, 0) is 56.7 Å². The Morgan fingerprint density at radius 2 is 2.11 bits per heavy atom. The zero-order valence-corrected chi connectivity index (χ0v) is 16.3. The number of benzene rings is 1. The third kappa shape index (κ3) is 2.96. The van der Waals surface area contributed by atoms with E-state index in [0.717, 1.165) is 12.8 Å². The Labute approximate surface area is 158 Å². The van der Waals surface area contributed by atoms with Gasteiger partial charge in [0.1, 0.15) is 5.58 Å². The molecule has 0 spiro atoms. The second kappa shape index (κ2) is 6.61. The fraction of sp³-hybridized carbons (Fsp3) is 0.526. The predicted octanol–water partition coefficient (Wildman–Crippen LogP) is 2.28. The Bertz CT molecular complexity index is 997. The lowest BCUT2D eigenvalue weighted by Gasteiger charge is -2.18. The van der Waals surface area contributed by atoms with Crippen molar-refractivity contribution in [3.05, 3.63) is 29.5 Å². The molecule has 0 bridgehead atoms. The van der Waals surface area contributed by atoms with Gasteiger partial charge in [-0.1, -0.05) is 0 Å². The zero-order chi connectivity index (χ0) is 19.3. The van der Waals surface area contributed by atoms with Crippen molar-refractivity contribution in [1.82, 2.24) is 4.31 Å². The average molecular weight is 392 g/mol. The number of fused-ring (bicyclic) bond motifs is 2. The molecule has 1 aromatic carbocycles. The molecule has 2 heterocycles. The van der Waals surface area contributed by atoms with Crippen molar-refractivity contribution in [1.29, 1.82) is 0 Å². The van der Waals surface area contributed by atoms with Gasteiger partial charge in [-0.15, -0.1) is 0 Å². The molecule has 4 rings (SSSR count). The third-order valence-corrected chi connectivity index (χ3v) is 7.71. The van der Waals surface area contributed by atoms with E-state index in [9.17, 15) is 13.2 Å². The van der Waals surface area contributed by atoms with Crippen molar-refractivity contribution in [2.75, 3.05) is 19.7 Å². The fourth-order valence-corrected chi connectivity index (χ4v) is 5.92. The topological polar surface area (TPSA) is 103 Å². The molecular weight excluding hydrogens is 368 g/mol. The van der Waals surface area contributed by atoms with Crippen LogP contribution in [0.15, 0.2) is 27.5 Å². The fourth-order valence-electron chi connectivity index (χ4n) is 4.36. The molecule has 0 amide bonds. The molecule has 7 nitrogen and oxygen atoms in total. The highest BCUT2D eigenvalue weighted by molar-refractivity contribution is 7.89. The number of sulfonamides is 1. The average Bonchev–Trinajstić information content (AvgIpc) is 3.30. The van der Waals surface area contributed by atoms with Crippen molar-refractivity contribution < 1.29 is 22.4 Å². The maximum absolute atomic E-state index is 13.1. The lowest BCUT2D eigenvalue weighted by Crippen LogP contribution is -2.33. The standard InChI is InChI=1S/C19H24N2O5S/c1-3-25-19(22)18-11(2)14-8-13(5-7-17(14)26-18)27(23,24)21-9-12-4-6-16(20)15(12)10-21/h5,7-8,12,15-16H,3-4,6,9-10,20H2,1-2H3. The summed E-state index contributed by atoms with van der Waals surface area (Å²) in [4.78, 5) is 12.2. The Kier molecular flexibility index (Phi) is 4.52. The normalized spacial score (nSPS) is 25.8. The Balaban J connectivity index is 1.67. The van der Waals surface area contributed by atoms with Gasteiger partial charge in [0.15, 0.2) is 0 Å². The minimum atomic E-state index is -3.61. The van der Waals surface area contributed by atoms with Crippen LogP contribution in [0.25, 0.3) is 11.0 Å². The molecule has 1 aromatic heterocycles. The minimum Gasteiger partial charge on any atom is -0.460 e. The van der Waals surface area contributed by atoms with Crippen LogP contribution in [0.5, 0.6) is 0 Å². The summed E-state index contributed by atoms with van der Waals surface area (Å²) in [7, 11) is -3.61. The molecule has 146 valence electrons. The number of rotatable bonds is 4. The number of carbonyl (C=O) groups excluding carboxylic acids is 1. The lowest BCUT2D eigenvalue weighted by molar-refractivity contribution is 0.0491. The predicted molar refractivity (Wildman–Crippen MR) is 99.9 cm³/mol. The van der Waals surface area contributed by atoms with Crippen LogP contribution >= 0.6 is 0 Å². The molecule has 1 aliphatic heterocycles. The molecular formula is C19H24N2O5S. The molecule has 2 fully saturated rings. The molecule has 1 aliphatic carbocycles. The summed E-state index contributed by atoms with van der Waals surface area (Å²) in [5, 5.41) is 0.607. The van der Waals surface area contributed by atoms with E-state index in [1.807, 2.05) is 0 Å². The van der Waals surface area contributed by atoms with E-state index in [0.29, 0.717) is 35.5 Å². The Hall–Kier alpha value is -1.90. The number of nitrogens with two attached hydrogens (primary N) is 1. The van der Waals surface area contributed by atoms with Gasteiger partial charge >= 0.3 is 5.97 Å². The molecule has 0 radical (unpaired) electrons. The van der Waals surface area contributed by atoms with E-state index >= 15 is 0 Å². The van der Waals surface area contributed by atoms with Crippen LogP contribution < -0.4 is 5.73 Å². The molecule has 27 heavy (non-hydrogen) atoms. The van der Waals surface area contributed by atoms with Crippen molar-refractivity contribution in [2.45, 2.75) is 37.6 Å². The molecule has 8 heteroatoms. The zero-order valence-electron chi connectivity index (χ0n) is 15.5. The molecule has 1 saturated heterocycles. The largest absolute Gasteiger partial charge is 0.460 e. The first-order valence-corrected chi connectivity index (χ1v) is 10.7. The van der Waals surface area contributed by atoms with E-state index in [1.165, 1.54) is 6.07 Å². The number of esters is 1. The molecule has 1 saturated carbocycles. The lowest BCUT2D eigenvalue weighted by atomic mass is 9.98. The minimum absolute atomic E-state index is 0.0842. The summed E-state index contributed by atoms with van der Waals surface area (Å²) >= 11 is 0. The number of nitrogens with zero attached hydrogens (tertiary/aromatic N) is 1.